The van der Waals surface area contributed by atoms with E-state index in [0.717, 1.165) is 25.9 Å². The van der Waals surface area contributed by atoms with Gasteiger partial charge in [-0.1, -0.05) is 11.6 Å². The number of likely N-dealkylation sites (tertiary alicyclic amines) is 1. The molecule has 5 nitrogen and oxygen atoms in total. The molecule has 0 aliphatic carbocycles. The van der Waals surface area contributed by atoms with Gasteiger partial charge in [-0.25, -0.2) is 0 Å². The van der Waals surface area contributed by atoms with Crippen molar-refractivity contribution < 1.29 is 4.74 Å². The highest BCUT2D eigenvalue weighted by atomic mass is 35.5. The summed E-state index contributed by atoms with van der Waals surface area (Å²) < 4.78 is 5.66. The molecule has 1 aromatic heterocycles. The molecule has 1 aliphatic rings. The molecule has 0 radical (unpaired) electrons. The average molecular weight is 263 g/mol. The van der Waals surface area contributed by atoms with E-state index in [4.69, 9.17) is 27.9 Å². The topological polar surface area (TPSA) is 51.1 Å². The van der Waals surface area contributed by atoms with Gasteiger partial charge in [0.05, 0.1) is 0 Å². The van der Waals surface area contributed by atoms with Gasteiger partial charge >= 0.3 is 0 Å². The summed E-state index contributed by atoms with van der Waals surface area (Å²) in [5, 5.41) is 7.38. The number of piperidine rings is 1. The van der Waals surface area contributed by atoms with Gasteiger partial charge in [0.15, 0.2) is 0 Å². The summed E-state index contributed by atoms with van der Waals surface area (Å²) >= 11 is 11.4. The maximum absolute atomic E-state index is 5.81. The van der Waals surface area contributed by atoms with Crippen LogP contribution in [0.3, 0.4) is 0 Å². The van der Waals surface area contributed by atoms with Crippen LogP contribution in [0.2, 0.25) is 10.4 Å². The fourth-order valence-corrected chi connectivity index (χ4v) is 1.85. The summed E-state index contributed by atoms with van der Waals surface area (Å²) in [7, 11) is 2.09. The zero-order chi connectivity index (χ0) is 11.5. The van der Waals surface area contributed by atoms with Crippen molar-refractivity contribution >= 4 is 23.2 Å². The van der Waals surface area contributed by atoms with Crippen molar-refractivity contribution in [3.05, 3.63) is 10.4 Å². The monoisotopic (exact) mass is 262 g/mol. The maximum atomic E-state index is 5.81. The molecule has 0 spiro atoms. The van der Waals surface area contributed by atoms with E-state index in [0.29, 0.717) is 0 Å². The van der Waals surface area contributed by atoms with Gasteiger partial charge in [0.25, 0.3) is 5.88 Å². The maximum Gasteiger partial charge on any atom is 0.257 e. The summed E-state index contributed by atoms with van der Waals surface area (Å²) in [6.07, 6.45) is 2.03. The molecule has 2 heterocycles. The number of rotatable bonds is 2. The van der Waals surface area contributed by atoms with Crippen LogP contribution in [-0.2, 0) is 0 Å². The normalized spacial score (nSPS) is 18.7. The fourth-order valence-electron chi connectivity index (χ4n) is 1.62. The lowest BCUT2D eigenvalue weighted by atomic mass is 10.1. The Bertz CT molecular complexity index is 369. The first kappa shape index (κ1) is 11.8. The van der Waals surface area contributed by atoms with Crippen LogP contribution in [-0.4, -0.2) is 46.3 Å². The quantitative estimate of drug-likeness (QED) is 0.812. The molecule has 1 fully saturated rings. The van der Waals surface area contributed by atoms with E-state index in [1.807, 2.05) is 0 Å². The van der Waals surface area contributed by atoms with Gasteiger partial charge in [-0.15, -0.1) is 10.2 Å². The summed E-state index contributed by atoms with van der Waals surface area (Å²) in [5.74, 6) is 0.274. The minimum Gasteiger partial charge on any atom is -0.472 e. The molecule has 0 atom stereocenters. The van der Waals surface area contributed by atoms with Crippen molar-refractivity contribution in [1.82, 2.24) is 20.1 Å². The van der Waals surface area contributed by atoms with E-state index in [1.165, 1.54) is 0 Å². The lowest BCUT2D eigenvalue weighted by molar-refractivity contribution is 0.109. The zero-order valence-electron chi connectivity index (χ0n) is 8.86. The minimum atomic E-state index is 0.0485. The summed E-state index contributed by atoms with van der Waals surface area (Å²) in [5.41, 5.74) is 0. The Balaban J connectivity index is 2.00. The van der Waals surface area contributed by atoms with Gasteiger partial charge in [0.2, 0.25) is 10.4 Å². The van der Waals surface area contributed by atoms with Crippen LogP contribution in [0.4, 0.5) is 0 Å². The molecule has 0 saturated carbocycles. The Labute approximate surface area is 104 Å². The predicted octanol–water partition coefficient (Wildman–Crippen LogP) is 1.65. The van der Waals surface area contributed by atoms with Crippen molar-refractivity contribution in [2.45, 2.75) is 18.9 Å². The zero-order valence-corrected chi connectivity index (χ0v) is 10.4. The second-order valence-corrected chi connectivity index (χ2v) is 4.49. The first-order valence-electron chi connectivity index (χ1n) is 5.06. The van der Waals surface area contributed by atoms with Gasteiger partial charge in [-0.3, -0.25) is 0 Å². The van der Waals surface area contributed by atoms with Crippen LogP contribution in [0, 0.1) is 0 Å². The number of hydrogen-bond acceptors (Lipinski definition) is 5. The Kier molecular flexibility index (Phi) is 3.78. The Hall–Kier alpha value is -0.650. The van der Waals surface area contributed by atoms with Crippen molar-refractivity contribution in [1.29, 1.82) is 0 Å². The predicted molar refractivity (Wildman–Crippen MR) is 61.0 cm³/mol. The third kappa shape index (κ3) is 2.93. The highest BCUT2D eigenvalue weighted by molar-refractivity contribution is 6.31. The van der Waals surface area contributed by atoms with E-state index in [1.54, 1.807) is 0 Å². The first-order valence-corrected chi connectivity index (χ1v) is 5.81. The molecule has 16 heavy (non-hydrogen) atoms. The SMILES string of the molecule is CN1CCC(Oc2nc(Cl)nnc2Cl)CC1. The number of ether oxygens (including phenoxy) is 1. The molecule has 0 unspecified atom stereocenters. The molecule has 1 saturated heterocycles. The number of nitrogens with zero attached hydrogens (tertiary/aromatic N) is 4. The third-order valence-electron chi connectivity index (χ3n) is 2.53. The summed E-state index contributed by atoms with van der Waals surface area (Å²) in [6.45, 7) is 2.02. The van der Waals surface area contributed by atoms with Crippen LogP contribution in [0.1, 0.15) is 12.8 Å². The molecule has 0 aromatic carbocycles. The van der Waals surface area contributed by atoms with Gasteiger partial charge in [0, 0.05) is 13.1 Å². The largest absolute Gasteiger partial charge is 0.472 e. The second kappa shape index (κ2) is 5.12. The van der Waals surface area contributed by atoms with Crippen molar-refractivity contribution in [3.63, 3.8) is 0 Å². The smallest absolute Gasteiger partial charge is 0.257 e. The molecule has 1 aliphatic heterocycles. The van der Waals surface area contributed by atoms with Crippen molar-refractivity contribution in [2.24, 2.45) is 0 Å². The van der Waals surface area contributed by atoms with E-state index in [2.05, 4.69) is 27.1 Å². The van der Waals surface area contributed by atoms with Gasteiger partial charge in [-0.05, 0) is 31.5 Å². The standard InChI is InChI=1S/C9H12Cl2N4O/c1-15-4-2-6(3-5-15)16-8-7(10)13-14-9(11)12-8/h6H,2-5H2,1H3. The summed E-state index contributed by atoms with van der Waals surface area (Å²) in [4.78, 5) is 6.17. The van der Waals surface area contributed by atoms with Gasteiger partial charge in [-0.2, -0.15) is 4.98 Å². The summed E-state index contributed by atoms with van der Waals surface area (Å²) in [6, 6.07) is 0. The van der Waals surface area contributed by atoms with E-state index in [-0.39, 0.29) is 22.4 Å². The van der Waals surface area contributed by atoms with Crippen LogP contribution in [0.25, 0.3) is 0 Å². The van der Waals surface area contributed by atoms with E-state index < -0.39 is 0 Å². The molecule has 0 N–H and O–H groups in total. The number of hydrogen-bond donors (Lipinski definition) is 0. The molecular weight excluding hydrogens is 251 g/mol. The Morgan fingerprint density at radius 3 is 2.62 bits per heavy atom. The number of halogens is 2. The molecule has 88 valence electrons. The second-order valence-electron chi connectivity index (χ2n) is 3.80. The Morgan fingerprint density at radius 2 is 1.94 bits per heavy atom. The molecular formula is C9H12Cl2N4O. The van der Waals surface area contributed by atoms with Crippen molar-refractivity contribution in [3.8, 4) is 5.88 Å². The van der Waals surface area contributed by atoms with Gasteiger partial charge < -0.3 is 9.64 Å². The van der Waals surface area contributed by atoms with Crippen LogP contribution >= 0.6 is 23.2 Å². The lowest BCUT2D eigenvalue weighted by Gasteiger charge is -2.28. The first-order chi connectivity index (χ1) is 7.65. The third-order valence-corrected chi connectivity index (χ3v) is 2.93. The van der Waals surface area contributed by atoms with E-state index in [9.17, 15) is 0 Å². The molecule has 2 rings (SSSR count). The number of aromatic nitrogens is 3. The molecule has 1 aromatic rings. The fraction of sp³-hybridized carbons (Fsp3) is 0.667. The van der Waals surface area contributed by atoms with Gasteiger partial charge in [0.1, 0.15) is 6.10 Å². The molecule has 7 heteroatoms. The Morgan fingerprint density at radius 1 is 1.25 bits per heavy atom. The van der Waals surface area contributed by atoms with Crippen LogP contribution in [0.5, 0.6) is 5.88 Å². The highest BCUT2D eigenvalue weighted by Crippen LogP contribution is 2.23. The minimum absolute atomic E-state index is 0.0485. The van der Waals surface area contributed by atoms with Crippen LogP contribution in [0.15, 0.2) is 0 Å². The lowest BCUT2D eigenvalue weighted by Crippen LogP contribution is -2.35. The van der Waals surface area contributed by atoms with Crippen LogP contribution < -0.4 is 4.74 Å². The average Bonchev–Trinajstić information content (AvgIpc) is 2.27. The molecule has 0 amide bonds. The van der Waals surface area contributed by atoms with E-state index >= 15 is 0 Å². The molecule has 0 bridgehead atoms. The van der Waals surface area contributed by atoms with Crippen molar-refractivity contribution in [2.75, 3.05) is 20.1 Å². The highest BCUT2D eigenvalue weighted by Gasteiger charge is 2.20.